The molecule has 8 heteroatoms. The number of ether oxygens (including phenoxy) is 6. The van der Waals surface area contributed by atoms with E-state index >= 15 is 0 Å². The Hall–Kier alpha value is -4.67. The molecule has 1 heterocycles. The summed E-state index contributed by atoms with van der Waals surface area (Å²) in [4.78, 5) is 0. The summed E-state index contributed by atoms with van der Waals surface area (Å²) in [6.45, 7) is 4.08. The van der Waals surface area contributed by atoms with Gasteiger partial charge in [-0.25, -0.2) is 0 Å². The quantitative estimate of drug-likeness (QED) is 0.0725. The Kier molecular flexibility index (Phi) is 16.5. The third-order valence-electron chi connectivity index (χ3n) is 10.8. The zero-order valence-corrected chi connectivity index (χ0v) is 35.0. The highest BCUT2D eigenvalue weighted by Crippen LogP contribution is 2.41. The first-order chi connectivity index (χ1) is 29.6. The van der Waals surface area contributed by atoms with Crippen molar-refractivity contribution in [3.63, 3.8) is 0 Å². The van der Waals surface area contributed by atoms with E-state index in [1.54, 1.807) is 0 Å². The minimum atomic E-state index is -0.650. The molecule has 7 rings (SSSR count). The van der Waals surface area contributed by atoms with E-state index in [2.05, 4.69) is 85.8 Å². The fourth-order valence-corrected chi connectivity index (χ4v) is 7.86. The molecule has 0 amide bonds. The molecule has 60 heavy (non-hydrogen) atoms. The standard InChI is InChI=1S/C52H55ClO7/c1-2-38-23-25-39(26-24-38)29-44-30-46(45(31-47(44)53)36-55-28-27-54)49-51(58-34-42-19-11-5-12-20-42)52(59-35-43-21-13-6-14-22-43)50(57-33-41-17-9-4-10-18-41)48(60-49)37-56-32-40-15-7-3-8-16-40/h3-26,30-31,48-52,54H,2,27-29,32-37H2,1H3/t48-,49+,50?,51+,52+/m1/s1. The van der Waals surface area contributed by atoms with E-state index in [9.17, 15) is 5.11 Å². The number of hydrogen-bond donors (Lipinski definition) is 1. The Balaban J connectivity index is 1.32. The maximum absolute atomic E-state index is 9.69. The smallest absolute Gasteiger partial charge is 0.117 e. The van der Waals surface area contributed by atoms with Gasteiger partial charge < -0.3 is 33.5 Å². The molecule has 1 aliphatic rings. The van der Waals surface area contributed by atoms with Crippen LogP contribution in [0.3, 0.4) is 0 Å². The van der Waals surface area contributed by atoms with Crippen LogP contribution in [0, 0.1) is 0 Å². The number of rotatable bonds is 21. The van der Waals surface area contributed by atoms with Crippen molar-refractivity contribution < 1.29 is 33.5 Å². The van der Waals surface area contributed by atoms with Crippen molar-refractivity contribution in [2.24, 2.45) is 0 Å². The lowest BCUT2D eigenvalue weighted by Crippen LogP contribution is -2.58. The molecule has 5 atom stereocenters. The van der Waals surface area contributed by atoms with Gasteiger partial charge in [0.1, 0.15) is 30.5 Å². The Morgan fingerprint density at radius 2 is 1.02 bits per heavy atom. The van der Waals surface area contributed by atoms with Gasteiger partial charge in [-0.05, 0) is 69.0 Å². The Morgan fingerprint density at radius 3 is 1.55 bits per heavy atom. The normalized spacial score (nSPS) is 19.0. The first-order valence-corrected chi connectivity index (χ1v) is 21.3. The van der Waals surface area contributed by atoms with Crippen LogP contribution in [0.1, 0.15) is 63.1 Å². The summed E-state index contributed by atoms with van der Waals surface area (Å²) in [7, 11) is 0. The topological polar surface area (TPSA) is 75.6 Å². The van der Waals surface area contributed by atoms with Crippen molar-refractivity contribution in [3.8, 4) is 0 Å². The molecule has 0 saturated carbocycles. The second kappa shape index (κ2) is 22.8. The molecule has 6 aromatic carbocycles. The third kappa shape index (κ3) is 12.2. The zero-order chi connectivity index (χ0) is 41.4. The molecule has 1 aliphatic heterocycles. The van der Waals surface area contributed by atoms with Gasteiger partial charge in [0, 0.05) is 5.02 Å². The second-order valence-electron chi connectivity index (χ2n) is 15.1. The van der Waals surface area contributed by atoms with Gasteiger partial charge in [-0.15, -0.1) is 0 Å². The van der Waals surface area contributed by atoms with Crippen molar-refractivity contribution in [2.45, 2.75) is 83.3 Å². The Labute approximate surface area is 359 Å². The van der Waals surface area contributed by atoms with Crippen molar-refractivity contribution in [2.75, 3.05) is 19.8 Å². The average molecular weight is 827 g/mol. The van der Waals surface area contributed by atoms with Gasteiger partial charge in [-0.2, -0.15) is 0 Å². The molecule has 1 fully saturated rings. The summed E-state index contributed by atoms with van der Waals surface area (Å²) >= 11 is 7.12. The number of aryl methyl sites for hydroxylation is 1. The van der Waals surface area contributed by atoms with Gasteiger partial charge in [0.05, 0.1) is 52.9 Å². The summed E-state index contributed by atoms with van der Waals surface area (Å²) in [6.07, 6.45) is -1.45. The summed E-state index contributed by atoms with van der Waals surface area (Å²) in [5.74, 6) is 0. The molecular formula is C52H55ClO7. The second-order valence-corrected chi connectivity index (χ2v) is 15.6. The molecule has 6 aromatic rings. The highest BCUT2D eigenvalue weighted by atomic mass is 35.5. The number of benzene rings is 6. The maximum Gasteiger partial charge on any atom is 0.117 e. The molecule has 312 valence electrons. The van der Waals surface area contributed by atoms with Crippen molar-refractivity contribution in [1.29, 1.82) is 0 Å². The van der Waals surface area contributed by atoms with Crippen molar-refractivity contribution in [1.82, 2.24) is 0 Å². The van der Waals surface area contributed by atoms with E-state index < -0.39 is 30.5 Å². The lowest BCUT2D eigenvalue weighted by Gasteiger charge is -2.47. The zero-order valence-electron chi connectivity index (χ0n) is 34.2. The highest BCUT2D eigenvalue weighted by Gasteiger charge is 2.49. The van der Waals surface area contributed by atoms with Crippen LogP contribution in [0.2, 0.25) is 5.02 Å². The van der Waals surface area contributed by atoms with Crippen LogP contribution in [-0.2, 0) is 74.3 Å². The minimum absolute atomic E-state index is 0.103. The van der Waals surface area contributed by atoms with Crippen molar-refractivity contribution >= 4 is 11.6 Å². The monoisotopic (exact) mass is 826 g/mol. The summed E-state index contributed by atoms with van der Waals surface area (Å²) in [5.41, 5.74) is 9.24. The number of hydrogen-bond acceptors (Lipinski definition) is 7. The number of halogens is 1. The highest BCUT2D eigenvalue weighted by molar-refractivity contribution is 6.31. The van der Waals surface area contributed by atoms with Crippen LogP contribution in [0.25, 0.3) is 0 Å². The van der Waals surface area contributed by atoms with E-state index in [1.165, 1.54) is 5.56 Å². The van der Waals surface area contributed by atoms with Crippen LogP contribution in [-0.4, -0.2) is 49.3 Å². The fourth-order valence-electron chi connectivity index (χ4n) is 7.60. The first-order valence-electron chi connectivity index (χ1n) is 20.9. The molecule has 0 aliphatic carbocycles. The van der Waals surface area contributed by atoms with Gasteiger partial charge in [0.15, 0.2) is 0 Å². The lowest BCUT2D eigenvalue weighted by atomic mass is 9.87. The van der Waals surface area contributed by atoms with E-state index in [-0.39, 0.29) is 26.4 Å². The molecule has 7 nitrogen and oxygen atoms in total. The predicted molar refractivity (Wildman–Crippen MR) is 236 cm³/mol. The van der Waals surface area contributed by atoms with Gasteiger partial charge in [-0.1, -0.05) is 170 Å². The Bertz CT molecular complexity index is 2140. The largest absolute Gasteiger partial charge is 0.394 e. The van der Waals surface area contributed by atoms with Gasteiger partial charge in [0.2, 0.25) is 0 Å². The van der Waals surface area contributed by atoms with Crippen LogP contribution < -0.4 is 0 Å². The molecule has 1 saturated heterocycles. The Morgan fingerprint density at radius 1 is 0.517 bits per heavy atom. The SMILES string of the molecule is CCc1ccc(Cc2cc([C@@H]3O[C@H](COCc4ccccc4)C(OCc4ccccc4)[C@H](OCc4ccccc4)[C@H]3OCc3ccccc3)c(COCCO)cc2Cl)cc1. The summed E-state index contributed by atoms with van der Waals surface area (Å²) in [6, 6.07) is 53.3. The summed E-state index contributed by atoms with van der Waals surface area (Å²) in [5, 5.41) is 10.3. The molecule has 0 aromatic heterocycles. The van der Waals surface area contributed by atoms with Crippen LogP contribution in [0.4, 0.5) is 0 Å². The van der Waals surface area contributed by atoms with E-state index in [0.717, 1.165) is 50.9 Å². The fraction of sp³-hybridized carbons (Fsp3) is 0.308. The van der Waals surface area contributed by atoms with Crippen LogP contribution in [0.5, 0.6) is 0 Å². The van der Waals surface area contributed by atoms with Crippen LogP contribution >= 0.6 is 11.6 Å². The summed E-state index contributed by atoms with van der Waals surface area (Å²) < 4.78 is 40.8. The predicted octanol–water partition coefficient (Wildman–Crippen LogP) is 10.4. The number of aliphatic hydroxyl groups is 1. The van der Waals surface area contributed by atoms with E-state index in [0.29, 0.717) is 37.9 Å². The van der Waals surface area contributed by atoms with E-state index in [1.807, 2.05) is 78.9 Å². The molecule has 0 radical (unpaired) electrons. The molecular weight excluding hydrogens is 772 g/mol. The number of aliphatic hydroxyl groups excluding tert-OH is 1. The molecule has 0 spiro atoms. The first kappa shape index (κ1) is 43.4. The van der Waals surface area contributed by atoms with Gasteiger partial charge in [-0.3, -0.25) is 0 Å². The van der Waals surface area contributed by atoms with Gasteiger partial charge >= 0.3 is 0 Å². The van der Waals surface area contributed by atoms with Gasteiger partial charge in [0.25, 0.3) is 0 Å². The third-order valence-corrected chi connectivity index (χ3v) is 11.2. The van der Waals surface area contributed by atoms with Crippen molar-refractivity contribution in [3.05, 3.63) is 213 Å². The maximum atomic E-state index is 9.69. The van der Waals surface area contributed by atoms with Crippen LogP contribution in [0.15, 0.2) is 158 Å². The lowest BCUT2D eigenvalue weighted by molar-refractivity contribution is -0.275. The molecule has 1 unspecified atom stereocenters. The molecule has 1 N–H and O–H groups in total. The minimum Gasteiger partial charge on any atom is -0.394 e. The average Bonchev–Trinajstić information content (AvgIpc) is 3.29. The molecule has 0 bridgehead atoms. The van der Waals surface area contributed by atoms with E-state index in [4.69, 9.17) is 40.0 Å².